The van der Waals surface area contributed by atoms with Gasteiger partial charge in [0.2, 0.25) is 10.0 Å². The van der Waals surface area contributed by atoms with Crippen LogP contribution in [-0.2, 0) is 19.9 Å². The fourth-order valence-electron chi connectivity index (χ4n) is 1.93. The molecule has 0 saturated carbocycles. The molecule has 0 radical (unpaired) electrons. The third-order valence-corrected chi connectivity index (χ3v) is 7.05. The summed E-state index contributed by atoms with van der Waals surface area (Å²) in [5.41, 5.74) is 0. The predicted octanol–water partition coefficient (Wildman–Crippen LogP) is 1.26. The smallest absolute Gasteiger partial charge is 0.229 e. The molecule has 8 heteroatoms. The van der Waals surface area contributed by atoms with Gasteiger partial charge in [-0.1, -0.05) is 22.0 Å². The Morgan fingerprint density at radius 1 is 1.16 bits per heavy atom. The molecule has 0 aliphatic carbocycles. The first-order valence-corrected chi connectivity index (χ1v) is 9.83. The number of rotatable bonds is 2. The normalized spacial score (nSPS) is 20.9. The topological polar surface area (TPSA) is 71.5 Å². The Morgan fingerprint density at radius 2 is 1.89 bits per heavy atom. The van der Waals surface area contributed by atoms with Gasteiger partial charge in [0, 0.05) is 17.6 Å². The molecule has 0 aromatic heterocycles. The summed E-state index contributed by atoms with van der Waals surface area (Å²) in [6.45, 7) is 0.269. The molecule has 1 aromatic carbocycles. The number of sulfone groups is 1. The van der Waals surface area contributed by atoms with Gasteiger partial charge in [-0.25, -0.2) is 16.8 Å². The summed E-state index contributed by atoms with van der Waals surface area (Å²) >= 11 is 3.23. The summed E-state index contributed by atoms with van der Waals surface area (Å²) in [6, 6.07) is 6.42. The molecule has 0 N–H and O–H groups in total. The second-order valence-corrected chi connectivity index (χ2v) is 9.52. The Bertz CT molecular complexity index is 670. The van der Waals surface area contributed by atoms with Gasteiger partial charge in [-0.05, 0) is 24.6 Å². The maximum absolute atomic E-state index is 12.4. The maximum Gasteiger partial charge on any atom is 0.243 e. The first kappa shape index (κ1) is 15.0. The minimum atomic E-state index is -3.62. The number of hydrogen-bond acceptors (Lipinski definition) is 4. The van der Waals surface area contributed by atoms with Crippen LogP contribution in [0.4, 0.5) is 0 Å². The minimum Gasteiger partial charge on any atom is -0.229 e. The van der Waals surface area contributed by atoms with Crippen molar-refractivity contribution in [2.45, 2.75) is 11.3 Å². The SMILES string of the molecule is O=S1(=O)CCCN(S(=O)(=O)c2cccc(Br)c2)CC1. The minimum absolute atomic E-state index is 0.0250. The lowest BCUT2D eigenvalue weighted by molar-refractivity contribution is 0.434. The maximum atomic E-state index is 12.4. The van der Waals surface area contributed by atoms with Crippen molar-refractivity contribution in [3.05, 3.63) is 28.7 Å². The largest absolute Gasteiger partial charge is 0.243 e. The van der Waals surface area contributed by atoms with Gasteiger partial charge in [0.1, 0.15) is 0 Å². The molecule has 1 fully saturated rings. The van der Waals surface area contributed by atoms with Crippen LogP contribution in [0.5, 0.6) is 0 Å². The number of sulfonamides is 1. The van der Waals surface area contributed by atoms with Gasteiger partial charge in [0.05, 0.1) is 16.4 Å². The fourth-order valence-corrected chi connectivity index (χ4v) is 5.40. The van der Waals surface area contributed by atoms with E-state index in [0.29, 0.717) is 10.9 Å². The Balaban J connectivity index is 2.30. The van der Waals surface area contributed by atoms with E-state index in [1.165, 1.54) is 16.4 Å². The highest BCUT2D eigenvalue weighted by atomic mass is 79.9. The van der Waals surface area contributed by atoms with Crippen LogP contribution in [-0.4, -0.2) is 45.7 Å². The lowest BCUT2D eigenvalue weighted by atomic mass is 10.4. The Labute approximate surface area is 121 Å². The molecule has 0 atom stereocenters. The van der Waals surface area contributed by atoms with Gasteiger partial charge >= 0.3 is 0 Å². The molecule has 1 aliphatic heterocycles. The zero-order valence-corrected chi connectivity index (χ0v) is 13.3. The van der Waals surface area contributed by atoms with Crippen molar-refractivity contribution in [1.29, 1.82) is 0 Å². The standard InChI is InChI=1S/C11H14BrNO4S2/c12-10-3-1-4-11(9-10)19(16,17)13-5-2-7-18(14,15)8-6-13/h1,3-4,9H,2,5-8H2. The molecule has 5 nitrogen and oxygen atoms in total. The second-order valence-electron chi connectivity index (χ2n) is 4.37. The molecule has 0 spiro atoms. The monoisotopic (exact) mass is 367 g/mol. The van der Waals surface area contributed by atoms with Crippen molar-refractivity contribution in [3.63, 3.8) is 0 Å². The Kier molecular flexibility index (Phi) is 4.34. The van der Waals surface area contributed by atoms with Crippen LogP contribution in [0, 0.1) is 0 Å². The van der Waals surface area contributed by atoms with E-state index in [1.807, 2.05) is 0 Å². The average Bonchev–Trinajstić information content (AvgIpc) is 2.50. The quantitative estimate of drug-likeness (QED) is 0.788. The molecule has 106 valence electrons. The summed E-state index contributed by atoms with van der Waals surface area (Å²) in [4.78, 5) is 0.182. The van der Waals surface area contributed by atoms with Crippen LogP contribution in [0.3, 0.4) is 0 Å². The third-order valence-electron chi connectivity index (χ3n) is 2.95. The van der Waals surface area contributed by atoms with E-state index < -0.39 is 19.9 Å². The highest BCUT2D eigenvalue weighted by molar-refractivity contribution is 9.10. The first-order valence-electron chi connectivity index (χ1n) is 5.77. The molecule has 1 aliphatic rings. The van der Waals surface area contributed by atoms with Crippen molar-refractivity contribution in [3.8, 4) is 0 Å². The van der Waals surface area contributed by atoms with Crippen LogP contribution < -0.4 is 0 Å². The fraction of sp³-hybridized carbons (Fsp3) is 0.455. The number of benzene rings is 1. The molecule has 2 rings (SSSR count). The lowest BCUT2D eigenvalue weighted by Gasteiger charge is -2.19. The van der Waals surface area contributed by atoms with Crippen molar-refractivity contribution < 1.29 is 16.8 Å². The van der Waals surface area contributed by atoms with Crippen molar-refractivity contribution in [1.82, 2.24) is 4.31 Å². The summed E-state index contributed by atoms with van der Waals surface area (Å²) < 4.78 is 49.8. The van der Waals surface area contributed by atoms with Crippen LogP contribution in [0.2, 0.25) is 0 Å². The van der Waals surface area contributed by atoms with Crippen LogP contribution in [0.15, 0.2) is 33.6 Å². The highest BCUT2D eigenvalue weighted by Crippen LogP contribution is 2.21. The zero-order valence-electron chi connectivity index (χ0n) is 10.1. The van der Waals surface area contributed by atoms with Crippen LogP contribution in [0.1, 0.15) is 6.42 Å². The van der Waals surface area contributed by atoms with Crippen LogP contribution >= 0.6 is 15.9 Å². The highest BCUT2D eigenvalue weighted by Gasteiger charge is 2.28. The molecule has 19 heavy (non-hydrogen) atoms. The summed E-state index contributed by atoms with van der Waals surface area (Å²) in [5, 5.41) is 0. The van der Waals surface area contributed by atoms with Gasteiger partial charge < -0.3 is 0 Å². The Morgan fingerprint density at radius 3 is 2.58 bits per heavy atom. The van der Waals surface area contributed by atoms with Gasteiger partial charge in [0.25, 0.3) is 0 Å². The zero-order chi connectivity index (χ0) is 14.1. The van der Waals surface area contributed by atoms with Crippen molar-refractivity contribution >= 4 is 35.8 Å². The van der Waals surface area contributed by atoms with E-state index in [9.17, 15) is 16.8 Å². The molecule has 1 aromatic rings. The average molecular weight is 368 g/mol. The molecular formula is C11H14BrNO4S2. The molecule has 1 heterocycles. The molecule has 0 unspecified atom stereocenters. The summed E-state index contributed by atoms with van der Waals surface area (Å²) in [5.74, 6) is -0.0578. The third kappa shape index (κ3) is 3.56. The number of nitrogens with zero attached hydrogens (tertiary/aromatic N) is 1. The summed E-state index contributed by atoms with van der Waals surface area (Å²) in [6.07, 6.45) is 0.343. The van der Waals surface area contributed by atoms with Crippen LogP contribution in [0.25, 0.3) is 0 Å². The summed E-state index contributed by atoms with van der Waals surface area (Å²) in [7, 11) is -6.74. The predicted molar refractivity (Wildman–Crippen MR) is 76.2 cm³/mol. The molecule has 0 bridgehead atoms. The van der Waals surface area contributed by atoms with Crippen molar-refractivity contribution in [2.24, 2.45) is 0 Å². The van der Waals surface area contributed by atoms with E-state index >= 15 is 0 Å². The Hall–Kier alpha value is -0.440. The van der Waals surface area contributed by atoms with Crippen molar-refractivity contribution in [2.75, 3.05) is 24.6 Å². The van der Waals surface area contributed by atoms with Gasteiger partial charge in [-0.15, -0.1) is 0 Å². The van der Waals surface area contributed by atoms with Gasteiger partial charge in [-0.2, -0.15) is 4.31 Å². The van der Waals surface area contributed by atoms with E-state index in [0.717, 1.165) is 0 Å². The van der Waals surface area contributed by atoms with E-state index in [4.69, 9.17) is 0 Å². The first-order chi connectivity index (χ1) is 8.81. The van der Waals surface area contributed by atoms with Gasteiger partial charge in [0.15, 0.2) is 9.84 Å². The number of halogens is 1. The van der Waals surface area contributed by atoms with Gasteiger partial charge in [-0.3, -0.25) is 0 Å². The lowest BCUT2D eigenvalue weighted by Crippen LogP contribution is -2.33. The van der Waals surface area contributed by atoms with E-state index in [-0.39, 0.29) is 29.5 Å². The molecule has 1 saturated heterocycles. The number of hydrogen-bond donors (Lipinski definition) is 0. The van der Waals surface area contributed by atoms with E-state index in [2.05, 4.69) is 15.9 Å². The van der Waals surface area contributed by atoms with E-state index in [1.54, 1.807) is 12.1 Å². The molecular weight excluding hydrogens is 354 g/mol. The molecule has 0 amide bonds. The second kappa shape index (κ2) is 5.51.